The van der Waals surface area contributed by atoms with Crippen LogP contribution in [0.3, 0.4) is 0 Å². The first-order chi connectivity index (χ1) is 16.5. The number of piperidine rings is 1. The van der Waals surface area contributed by atoms with E-state index in [1.807, 2.05) is 24.3 Å². The summed E-state index contributed by atoms with van der Waals surface area (Å²) in [5, 5.41) is 12.6. The Bertz CT molecular complexity index is 1540. The van der Waals surface area contributed by atoms with Gasteiger partial charge in [0.2, 0.25) is 11.8 Å². The van der Waals surface area contributed by atoms with Crippen LogP contribution in [0.2, 0.25) is 0 Å². The third-order valence-corrected chi connectivity index (χ3v) is 6.14. The van der Waals surface area contributed by atoms with Gasteiger partial charge in [0.05, 0.1) is 23.0 Å². The quantitative estimate of drug-likeness (QED) is 0.470. The van der Waals surface area contributed by atoms with Gasteiger partial charge in [-0.2, -0.15) is 0 Å². The molecule has 1 N–H and O–H groups in total. The van der Waals surface area contributed by atoms with Crippen molar-refractivity contribution in [2.75, 3.05) is 0 Å². The van der Waals surface area contributed by atoms with Gasteiger partial charge >= 0.3 is 0 Å². The lowest BCUT2D eigenvalue weighted by atomic mass is 10.0. The van der Waals surface area contributed by atoms with Crippen LogP contribution in [0.1, 0.15) is 33.6 Å². The fraction of sp³-hybridized carbons (Fsp3) is 0.125. The zero-order valence-electron chi connectivity index (χ0n) is 17.6. The summed E-state index contributed by atoms with van der Waals surface area (Å²) in [5.74, 6) is -2.17. The Morgan fingerprint density at radius 2 is 1.82 bits per heavy atom. The molecule has 2 aliphatic rings. The van der Waals surface area contributed by atoms with Gasteiger partial charge in [0.1, 0.15) is 11.7 Å². The van der Waals surface area contributed by atoms with Gasteiger partial charge in [-0.1, -0.05) is 23.4 Å². The van der Waals surface area contributed by atoms with E-state index >= 15 is 0 Å². The molecular weight excluding hydrogens is 436 g/mol. The molecule has 10 heteroatoms. The van der Waals surface area contributed by atoms with E-state index in [0.29, 0.717) is 11.3 Å². The molecule has 34 heavy (non-hydrogen) atoms. The summed E-state index contributed by atoms with van der Waals surface area (Å²) < 4.78 is 1.63. The van der Waals surface area contributed by atoms with Crippen molar-refractivity contribution in [1.29, 1.82) is 0 Å². The van der Waals surface area contributed by atoms with E-state index in [4.69, 9.17) is 0 Å². The fourth-order valence-electron chi connectivity index (χ4n) is 4.44. The second-order valence-corrected chi connectivity index (χ2v) is 8.13. The molecule has 1 atom stereocenters. The van der Waals surface area contributed by atoms with Gasteiger partial charge in [-0.05, 0) is 36.1 Å². The highest BCUT2D eigenvalue weighted by Crippen LogP contribution is 2.31. The summed E-state index contributed by atoms with van der Waals surface area (Å²) in [7, 11) is 0. The molecule has 4 aromatic rings. The molecule has 1 fully saturated rings. The predicted molar refractivity (Wildman–Crippen MR) is 119 cm³/mol. The van der Waals surface area contributed by atoms with Crippen molar-refractivity contribution in [2.24, 2.45) is 0 Å². The topological polar surface area (TPSA) is 127 Å². The number of carbonyl (C=O) groups excluding carboxylic acids is 4. The van der Waals surface area contributed by atoms with Gasteiger partial charge in [0, 0.05) is 29.8 Å². The first-order valence-electron chi connectivity index (χ1n) is 10.6. The summed E-state index contributed by atoms with van der Waals surface area (Å²) in [6.45, 7) is 0. The van der Waals surface area contributed by atoms with Crippen molar-refractivity contribution < 1.29 is 19.2 Å². The van der Waals surface area contributed by atoms with Crippen LogP contribution in [0, 0.1) is 0 Å². The van der Waals surface area contributed by atoms with Crippen molar-refractivity contribution in [3.63, 3.8) is 0 Å². The van der Waals surface area contributed by atoms with Gasteiger partial charge in [-0.25, -0.2) is 4.68 Å². The number of imide groups is 2. The van der Waals surface area contributed by atoms with Crippen LogP contribution in [0.25, 0.3) is 27.7 Å². The summed E-state index contributed by atoms with van der Waals surface area (Å²) >= 11 is 0. The van der Waals surface area contributed by atoms with Crippen LogP contribution in [-0.2, 0) is 9.59 Å². The Morgan fingerprint density at radius 3 is 2.68 bits per heavy atom. The Morgan fingerprint density at radius 1 is 0.971 bits per heavy atom. The fourth-order valence-corrected chi connectivity index (χ4v) is 4.44. The van der Waals surface area contributed by atoms with Gasteiger partial charge in [-0.15, -0.1) is 5.10 Å². The molecule has 1 unspecified atom stereocenters. The standard InChI is InChI=1S/C24H16N6O4/c31-21-7-6-20(22(32)26-21)30-23(33)15-5-4-14(10-16(15)24(30)34)18-12-29(28-27-18)19-3-1-2-13-8-9-25-11-17(13)19/h1-5,8-12,20H,6-7H2,(H,26,31,32). The zero-order valence-corrected chi connectivity index (χ0v) is 17.6. The normalized spacial score (nSPS) is 17.9. The van der Waals surface area contributed by atoms with Crippen molar-refractivity contribution in [3.8, 4) is 16.9 Å². The van der Waals surface area contributed by atoms with Crippen molar-refractivity contribution in [2.45, 2.75) is 18.9 Å². The van der Waals surface area contributed by atoms with Crippen LogP contribution in [0.15, 0.2) is 61.1 Å². The van der Waals surface area contributed by atoms with E-state index < -0.39 is 29.7 Å². The number of hydrogen-bond acceptors (Lipinski definition) is 7. The number of rotatable bonds is 3. The number of carbonyl (C=O) groups is 4. The van der Waals surface area contributed by atoms with Gasteiger partial charge in [-0.3, -0.25) is 34.4 Å². The van der Waals surface area contributed by atoms with Crippen LogP contribution in [0.4, 0.5) is 0 Å². The lowest BCUT2D eigenvalue weighted by Gasteiger charge is -2.27. The predicted octanol–water partition coefficient (Wildman–Crippen LogP) is 1.88. The number of nitrogens with zero attached hydrogens (tertiary/aromatic N) is 5. The summed E-state index contributed by atoms with van der Waals surface area (Å²) in [6, 6.07) is 11.5. The number of aromatic nitrogens is 4. The first kappa shape index (κ1) is 19.9. The SMILES string of the molecule is O=C1CCC(N2C(=O)c3ccc(-c4cn(-c5cccc6ccncc56)nn4)cc3C2=O)C(=O)N1. The molecule has 10 nitrogen and oxygen atoms in total. The Balaban J connectivity index is 1.34. The van der Waals surface area contributed by atoms with E-state index in [-0.39, 0.29) is 24.0 Å². The number of fused-ring (bicyclic) bond motifs is 2. The molecule has 0 spiro atoms. The second kappa shape index (κ2) is 7.41. The van der Waals surface area contributed by atoms with E-state index in [9.17, 15) is 19.2 Å². The highest BCUT2D eigenvalue weighted by Gasteiger charge is 2.44. The largest absolute Gasteiger partial charge is 0.295 e. The maximum atomic E-state index is 13.1. The highest BCUT2D eigenvalue weighted by atomic mass is 16.2. The molecule has 0 bridgehead atoms. The maximum absolute atomic E-state index is 13.1. The maximum Gasteiger partial charge on any atom is 0.262 e. The van der Waals surface area contributed by atoms with Crippen LogP contribution in [-0.4, -0.2) is 54.5 Å². The molecule has 6 rings (SSSR count). The molecule has 0 saturated carbocycles. The first-order valence-corrected chi connectivity index (χ1v) is 10.6. The summed E-state index contributed by atoms with van der Waals surface area (Å²) in [6.07, 6.45) is 5.40. The summed E-state index contributed by atoms with van der Waals surface area (Å²) in [5.41, 5.74) is 2.33. The van der Waals surface area contributed by atoms with E-state index in [1.165, 1.54) is 0 Å². The monoisotopic (exact) mass is 452 g/mol. The lowest BCUT2D eigenvalue weighted by Crippen LogP contribution is -2.54. The number of benzene rings is 2. The van der Waals surface area contributed by atoms with E-state index in [2.05, 4.69) is 20.6 Å². The average Bonchev–Trinajstić information content (AvgIpc) is 3.43. The molecule has 0 radical (unpaired) electrons. The third kappa shape index (κ3) is 2.99. The lowest BCUT2D eigenvalue weighted by molar-refractivity contribution is -0.136. The van der Waals surface area contributed by atoms with Crippen molar-refractivity contribution in [1.82, 2.24) is 30.2 Å². The van der Waals surface area contributed by atoms with Crippen LogP contribution < -0.4 is 5.32 Å². The van der Waals surface area contributed by atoms with Gasteiger partial charge in [0.25, 0.3) is 11.8 Å². The summed E-state index contributed by atoms with van der Waals surface area (Å²) in [4.78, 5) is 54.8. The molecule has 0 aliphatic carbocycles. The molecule has 166 valence electrons. The third-order valence-electron chi connectivity index (χ3n) is 6.14. The number of nitrogens with one attached hydrogen (secondary N) is 1. The molecule has 2 aromatic carbocycles. The minimum atomic E-state index is -1.01. The van der Waals surface area contributed by atoms with Gasteiger partial charge < -0.3 is 0 Å². The van der Waals surface area contributed by atoms with Crippen LogP contribution in [0.5, 0.6) is 0 Å². The van der Waals surface area contributed by atoms with Crippen LogP contribution >= 0.6 is 0 Å². The van der Waals surface area contributed by atoms with E-state index in [0.717, 1.165) is 21.4 Å². The molecule has 2 aliphatic heterocycles. The highest BCUT2D eigenvalue weighted by molar-refractivity contribution is 6.23. The molecular formula is C24H16N6O4. The minimum Gasteiger partial charge on any atom is -0.295 e. The number of pyridine rings is 1. The van der Waals surface area contributed by atoms with Gasteiger partial charge in [0.15, 0.2) is 0 Å². The Labute approximate surface area is 192 Å². The molecule has 4 amide bonds. The molecule has 4 heterocycles. The van der Waals surface area contributed by atoms with Crippen molar-refractivity contribution >= 4 is 34.4 Å². The Hall–Kier alpha value is -4.73. The number of amides is 4. The van der Waals surface area contributed by atoms with E-state index in [1.54, 1.807) is 41.5 Å². The molecule has 2 aromatic heterocycles. The minimum absolute atomic E-state index is 0.0713. The second-order valence-electron chi connectivity index (χ2n) is 8.13. The molecule has 1 saturated heterocycles. The zero-order chi connectivity index (χ0) is 23.4. The average molecular weight is 452 g/mol. The Kier molecular flexibility index (Phi) is 4.34. The smallest absolute Gasteiger partial charge is 0.262 e. The number of hydrogen-bond donors (Lipinski definition) is 1. The van der Waals surface area contributed by atoms with Crippen molar-refractivity contribution in [3.05, 3.63) is 72.2 Å².